The van der Waals surface area contributed by atoms with Gasteiger partial charge in [-0.2, -0.15) is 0 Å². The fourth-order valence-electron chi connectivity index (χ4n) is 1.73. The van der Waals surface area contributed by atoms with Crippen molar-refractivity contribution in [2.75, 3.05) is 19.8 Å². The van der Waals surface area contributed by atoms with Gasteiger partial charge < -0.3 is 10.1 Å². The molecule has 0 saturated heterocycles. The van der Waals surface area contributed by atoms with Gasteiger partial charge in [0.05, 0.1) is 6.61 Å². The minimum Gasteiger partial charge on any atom is -0.380 e. The highest BCUT2D eigenvalue weighted by atomic mass is 16.5. The second-order valence-corrected chi connectivity index (χ2v) is 4.51. The molecular weight excluding hydrogens is 198 g/mol. The molecule has 1 aromatic rings. The quantitative estimate of drug-likeness (QED) is 0.679. The molecule has 1 aliphatic rings. The molecule has 0 heterocycles. The van der Waals surface area contributed by atoms with E-state index in [-0.39, 0.29) is 0 Å². The van der Waals surface area contributed by atoms with Gasteiger partial charge in [-0.3, -0.25) is 0 Å². The molecule has 1 N–H and O–H groups in total. The van der Waals surface area contributed by atoms with Crippen LogP contribution in [0.25, 0.3) is 0 Å². The molecular formula is C14H21NO. The molecule has 88 valence electrons. The SMILES string of the molecule is c1ccc(CNCCOCCC2CC2)cc1. The Morgan fingerprint density at radius 2 is 1.94 bits per heavy atom. The van der Waals surface area contributed by atoms with Crippen molar-refractivity contribution < 1.29 is 4.74 Å². The van der Waals surface area contributed by atoms with Crippen molar-refractivity contribution in [2.24, 2.45) is 5.92 Å². The molecule has 0 atom stereocenters. The summed E-state index contributed by atoms with van der Waals surface area (Å²) in [6.45, 7) is 3.66. The van der Waals surface area contributed by atoms with Crippen LogP contribution in [-0.4, -0.2) is 19.8 Å². The topological polar surface area (TPSA) is 21.3 Å². The highest BCUT2D eigenvalue weighted by molar-refractivity contribution is 5.14. The van der Waals surface area contributed by atoms with Gasteiger partial charge in [0.1, 0.15) is 0 Å². The molecule has 2 nitrogen and oxygen atoms in total. The molecule has 1 aliphatic carbocycles. The summed E-state index contributed by atoms with van der Waals surface area (Å²) in [5, 5.41) is 3.38. The third-order valence-electron chi connectivity index (χ3n) is 2.96. The molecule has 16 heavy (non-hydrogen) atoms. The predicted octanol–water partition coefficient (Wildman–Crippen LogP) is 2.59. The Bertz CT molecular complexity index is 282. The van der Waals surface area contributed by atoms with E-state index in [1.54, 1.807) is 0 Å². The Labute approximate surface area is 98.0 Å². The molecule has 0 bridgehead atoms. The zero-order chi connectivity index (χ0) is 11.1. The molecule has 1 saturated carbocycles. The van der Waals surface area contributed by atoms with Crippen LogP contribution in [0.4, 0.5) is 0 Å². The lowest BCUT2D eigenvalue weighted by molar-refractivity contribution is 0.130. The Kier molecular flexibility index (Phi) is 4.84. The Morgan fingerprint density at radius 3 is 2.69 bits per heavy atom. The lowest BCUT2D eigenvalue weighted by Gasteiger charge is -2.05. The first kappa shape index (κ1) is 11.6. The van der Waals surface area contributed by atoms with Crippen molar-refractivity contribution in [3.63, 3.8) is 0 Å². The highest BCUT2D eigenvalue weighted by Gasteiger charge is 2.20. The fourth-order valence-corrected chi connectivity index (χ4v) is 1.73. The molecule has 0 spiro atoms. The highest BCUT2D eigenvalue weighted by Crippen LogP contribution is 2.31. The van der Waals surface area contributed by atoms with E-state index in [9.17, 15) is 0 Å². The number of benzene rings is 1. The minimum atomic E-state index is 0.833. The van der Waals surface area contributed by atoms with Crippen LogP contribution in [0.3, 0.4) is 0 Å². The largest absolute Gasteiger partial charge is 0.380 e. The van der Waals surface area contributed by atoms with Crippen molar-refractivity contribution in [1.29, 1.82) is 0 Å². The van der Waals surface area contributed by atoms with Crippen LogP contribution in [0.2, 0.25) is 0 Å². The summed E-state index contributed by atoms with van der Waals surface area (Å²) in [4.78, 5) is 0. The smallest absolute Gasteiger partial charge is 0.0591 e. The van der Waals surface area contributed by atoms with Gasteiger partial charge in [-0.05, 0) is 17.9 Å². The standard InChI is InChI=1S/C14H21NO/c1-2-4-14(5-3-1)12-15-9-11-16-10-8-13-6-7-13/h1-5,13,15H,6-12H2. The van der Waals surface area contributed by atoms with Crippen LogP contribution in [0.15, 0.2) is 30.3 Å². The molecule has 2 heteroatoms. The molecule has 1 aromatic carbocycles. The Balaban J connectivity index is 1.42. The van der Waals surface area contributed by atoms with Crippen molar-refractivity contribution >= 4 is 0 Å². The number of nitrogens with one attached hydrogen (secondary N) is 1. The Hall–Kier alpha value is -0.860. The summed E-state index contributed by atoms with van der Waals surface area (Å²) in [5.41, 5.74) is 1.33. The summed E-state index contributed by atoms with van der Waals surface area (Å²) in [6.07, 6.45) is 4.11. The van der Waals surface area contributed by atoms with Gasteiger partial charge >= 0.3 is 0 Å². The van der Waals surface area contributed by atoms with E-state index in [2.05, 4.69) is 29.6 Å². The van der Waals surface area contributed by atoms with Crippen molar-refractivity contribution in [3.8, 4) is 0 Å². The first-order valence-corrected chi connectivity index (χ1v) is 6.27. The summed E-state index contributed by atoms with van der Waals surface area (Å²) in [5.74, 6) is 0.984. The van der Waals surface area contributed by atoms with E-state index < -0.39 is 0 Å². The van der Waals surface area contributed by atoms with Crippen LogP contribution >= 0.6 is 0 Å². The number of ether oxygens (including phenoxy) is 1. The van der Waals surface area contributed by atoms with E-state index in [1.807, 2.05) is 6.07 Å². The maximum Gasteiger partial charge on any atom is 0.0591 e. The molecule has 0 amide bonds. The molecule has 1 fully saturated rings. The summed E-state index contributed by atoms with van der Waals surface area (Å²) >= 11 is 0. The van der Waals surface area contributed by atoms with E-state index in [0.29, 0.717) is 0 Å². The van der Waals surface area contributed by atoms with Crippen molar-refractivity contribution in [2.45, 2.75) is 25.8 Å². The second-order valence-electron chi connectivity index (χ2n) is 4.51. The second kappa shape index (κ2) is 6.66. The summed E-state index contributed by atoms with van der Waals surface area (Å²) in [6, 6.07) is 10.5. The van der Waals surface area contributed by atoms with Crippen molar-refractivity contribution in [3.05, 3.63) is 35.9 Å². The molecule has 0 radical (unpaired) electrons. The molecule has 0 aliphatic heterocycles. The maximum absolute atomic E-state index is 5.56. The van der Waals surface area contributed by atoms with Gasteiger partial charge in [-0.1, -0.05) is 43.2 Å². The monoisotopic (exact) mass is 219 g/mol. The third kappa shape index (κ3) is 4.77. The molecule has 0 aromatic heterocycles. The zero-order valence-corrected chi connectivity index (χ0v) is 9.82. The predicted molar refractivity (Wildman–Crippen MR) is 66.3 cm³/mol. The lowest BCUT2D eigenvalue weighted by Crippen LogP contribution is -2.19. The molecule has 2 rings (SSSR count). The van der Waals surface area contributed by atoms with Gasteiger partial charge in [0.2, 0.25) is 0 Å². The van der Waals surface area contributed by atoms with Crippen LogP contribution in [0, 0.1) is 5.92 Å². The van der Waals surface area contributed by atoms with Gasteiger partial charge in [0.25, 0.3) is 0 Å². The van der Waals surface area contributed by atoms with E-state index >= 15 is 0 Å². The van der Waals surface area contributed by atoms with Crippen LogP contribution in [0.1, 0.15) is 24.8 Å². The molecule has 0 unspecified atom stereocenters. The number of hydrogen-bond acceptors (Lipinski definition) is 2. The normalized spacial score (nSPS) is 15.2. The average Bonchev–Trinajstić information content (AvgIpc) is 3.13. The number of hydrogen-bond donors (Lipinski definition) is 1. The van der Waals surface area contributed by atoms with Crippen molar-refractivity contribution in [1.82, 2.24) is 5.32 Å². The van der Waals surface area contributed by atoms with Crippen LogP contribution in [-0.2, 0) is 11.3 Å². The number of rotatable bonds is 8. The van der Waals surface area contributed by atoms with E-state index in [4.69, 9.17) is 4.74 Å². The fraction of sp³-hybridized carbons (Fsp3) is 0.571. The average molecular weight is 219 g/mol. The maximum atomic E-state index is 5.56. The summed E-state index contributed by atoms with van der Waals surface area (Å²) in [7, 11) is 0. The van der Waals surface area contributed by atoms with Gasteiger partial charge in [-0.25, -0.2) is 0 Å². The first-order valence-electron chi connectivity index (χ1n) is 6.27. The van der Waals surface area contributed by atoms with E-state index in [0.717, 1.165) is 32.2 Å². The van der Waals surface area contributed by atoms with Gasteiger partial charge in [0.15, 0.2) is 0 Å². The van der Waals surface area contributed by atoms with E-state index in [1.165, 1.54) is 24.8 Å². The lowest BCUT2D eigenvalue weighted by atomic mass is 10.2. The van der Waals surface area contributed by atoms with Gasteiger partial charge in [-0.15, -0.1) is 0 Å². The van der Waals surface area contributed by atoms with Crippen LogP contribution in [0.5, 0.6) is 0 Å². The minimum absolute atomic E-state index is 0.833. The zero-order valence-electron chi connectivity index (χ0n) is 9.82. The Morgan fingerprint density at radius 1 is 1.12 bits per heavy atom. The summed E-state index contributed by atoms with van der Waals surface area (Å²) < 4.78 is 5.56. The third-order valence-corrected chi connectivity index (χ3v) is 2.96. The first-order chi connectivity index (χ1) is 7.95. The van der Waals surface area contributed by atoms with Crippen LogP contribution < -0.4 is 5.32 Å². The van der Waals surface area contributed by atoms with Gasteiger partial charge in [0, 0.05) is 19.7 Å².